The molecule has 28 heavy (non-hydrogen) atoms. The standard InChI is InChI=1S/C19H19F3N6/c1-27-11-14(9-24-27)7-13-4-6-28(12-13)17-8-16(19(20,21)22)25-18(26-17)15-3-2-5-23-10-15/h2-3,5,8-11,13H,4,6-7,12H2,1H3. The highest BCUT2D eigenvalue weighted by molar-refractivity contribution is 5.57. The molecule has 9 heteroatoms. The van der Waals surface area contributed by atoms with Gasteiger partial charge in [0.2, 0.25) is 0 Å². The van der Waals surface area contributed by atoms with Crippen LogP contribution >= 0.6 is 0 Å². The van der Waals surface area contributed by atoms with Crippen molar-refractivity contribution in [1.29, 1.82) is 0 Å². The zero-order valence-electron chi connectivity index (χ0n) is 15.3. The average Bonchev–Trinajstić information content (AvgIpc) is 3.31. The van der Waals surface area contributed by atoms with Crippen LogP contribution in [0.1, 0.15) is 17.7 Å². The Labute approximate surface area is 160 Å². The van der Waals surface area contributed by atoms with E-state index in [1.165, 1.54) is 6.20 Å². The van der Waals surface area contributed by atoms with Crippen LogP contribution < -0.4 is 4.90 Å². The summed E-state index contributed by atoms with van der Waals surface area (Å²) < 4.78 is 41.9. The van der Waals surface area contributed by atoms with Gasteiger partial charge in [0.15, 0.2) is 11.5 Å². The molecule has 1 aliphatic heterocycles. The Balaban J connectivity index is 1.60. The molecule has 4 heterocycles. The fourth-order valence-corrected chi connectivity index (χ4v) is 3.48. The minimum atomic E-state index is -4.54. The van der Waals surface area contributed by atoms with Crippen LogP contribution in [0.3, 0.4) is 0 Å². The lowest BCUT2D eigenvalue weighted by atomic mass is 10.0. The minimum Gasteiger partial charge on any atom is -0.356 e. The van der Waals surface area contributed by atoms with E-state index in [9.17, 15) is 13.2 Å². The molecule has 0 amide bonds. The molecule has 1 atom stereocenters. The molecule has 1 saturated heterocycles. The molecule has 0 aliphatic carbocycles. The van der Waals surface area contributed by atoms with Gasteiger partial charge in [0.05, 0.1) is 6.20 Å². The van der Waals surface area contributed by atoms with E-state index in [4.69, 9.17) is 0 Å². The third kappa shape index (κ3) is 3.97. The van der Waals surface area contributed by atoms with Crippen LogP contribution in [0, 0.1) is 5.92 Å². The molecule has 1 fully saturated rings. The first-order valence-corrected chi connectivity index (χ1v) is 8.97. The van der Waals surface area contributed by atoms with E-state index in [1.54, 1.807) is 23.0 Å². The van der Waals surface area contributed by atoms with E-state index < -0.39 is 11.9 Å². The highest BCUT2D eigenvalue weighted by Crippen LogP contribution is 2.33. The van der Waals surface area contributed by atoms with E-state index in [-0.39, 0.29) is 5.82 Å². The molecule has 0 bridgehead atoms. The molecule has 146 valence electrons. The van der Waals surface area contributed by atoms with Crippen LogP contribution in [0.25, 0.3) is 11.4 Å². The molecule has 0 N–H and O–H groups in total. The smallest absolute Gasteiger partial charge is 0.356 e. The Morgan fingerprint density at radius 1 is 1.21 bits per heavy atom. The summed E-state index contributed by atoms with van der Waals surface area (Å²) in [4.78, 5) is 14.0. The number of halogens is 3. The maximum absolute atomic E-state index is 13.4. The van der Waals surface area contributed by atoms with Crippen molar-refractivity contribution >= 4 is 5.82 Å². The first-order valence-electron chi connectivity index (χ1n) is 8.97. The number of nitrogens with zero attached hydrogens (tertiary/aromatic N) is 6. The van der Waals surface area contributed by atoms with E-state index in [1.807, 2.05) is 24.3 Å². The monoisotopic (exact) mass is 388 g/mol. The summed E-state index contributed by atoms with van der Waals surface area (Å²) in [6.07, 6.45) is 4.02. The Morgan fingerprint density at radius 3 is 2.75 bits per heavy atom. The van der Waals surface area contributed by atoms with Gasteiger partial charge in [-0.3, -0.25) is 9.67 Å². The summed E-state index contributed by atoms with van der Waals surface area (Å²) in [7, 11) is 1.87. The van der Waals surface area contributed by atoms with Crippen molar-refractivity contribution in [2.45, 2.75) is 19.0 Å². The second-order valence-corrected chi connectivity index (χ2v) is 7.00. The molecular weight excluding hydrogens is 369 g/mol. The summed E-state index contributed by atoms with van der Waals surface area (Å²) >= 11 is 0. The first kappa shape index (κ1) is 18.4. The third-order valence-corrected chi connectivity index (χ3v) is 4.82. The van der Waals surface area contributed by atoms with Crippen molar-refractivity contribution in [2.24, 2.45) is 13.0 Å². The first-order chi connectivity index (χ1) is 13.4. The van der Waals surface area contributed by atoms with Gasteiger partial charge >= 0.3 is 6.18 Å². The molecule has 3 aromatic rings. The van der Waals surface area contributed by atoms with E-state index >= 15 is 0 Å². The summed E-state index contributed by atoms with van der Waals surface area (Å²) in [6, 6.07) is 4.34. The molecule has 6 nitrogen and oxygen atoms in total. The molecular formula is C19H19F3N6. The van der Waals surface area contributed by atoms with Crippen LogP contribution in [0.15, 0.2) is 43.0 Å². The highest BCUT2D eigenvalue weighted by Gasteiger charge is 2.35. The van der Waals surface area contributed by atoms with Crippen molar-refractivity contribution < 1.29 is 13.2 Å². The predicted molar refractivity (Wildman–Crippen MR) is 97.5 cm³/mol. The molecule has 0 aromatic carbocycles. The molecule has 1 unspecified atom stereocenters. The lowest BCUT2D eigenvalue weighted by Crippen LogP contribution is -2.23. The summed E-state index contributed by atoms with van der Waals surface area (Å²) in [5.41, 5.74) is 0.650. The minimum absolute atomic E-state index is 0.0358. The van der Waals surface area contributed by atoms with Crippen LogP contribution in [0.5, 0.6) is 0 Å². The predicted octanol–water partition coefficient (Wildman–Crippen LogP) is 3.36. The molecule has 4 rings (SSSR count). The fraction of sp³-hybridized carbons (Fsp3) is 0.368. The number of pyridine rings is 1. The normalized spacial score (nSPS) is 17.3. The third-order valence-electron chi connectivity index (χ3n) is 4.82. The van der Waals surface area contributed by atoms with Crippen molar-refractivity contribution in [3.63, 3.8) is 0 Å². The van der Waals surface area contributed by atoms with Gasteiger partial charge in [-0.1, -0.05) is 0 Å². The molecule has 1 aliphatic rings. The van der Waals surface area contributed by atoms with Gasteiger partial charge in [-0.25, -0.2) is 9.97 Å². The van der Waals surface area contributed by atoms with Crippen molar-refractivity contribution in [3.8, 4) is 11.4 Å². The van der Waals surface area contributed by atoms with Gasteiger partial charge in [-0.2, -0.15) is 18.3 Å². The zero-order valence-corrected chi connectivity index (χ0v) is 15.3. The number of anilines is 1. The van der Waals surface area contributed by atoms with Gasteiger partial charge in [0.1, 0.15) is 5.82 Å². The maximum atomic E-state index is 13.4. The Kier molecular flexibility index (Phi) is 4.74. The molecule has 3 aromatic heterocycles. The van der Waals surface area contributed by atoms with E-state index in [0.29, 0.717) is 30.4 Å². The number of alkyl halides is 3. The van der Waals surface area contributed by atoms with Gasteiger partial charge in [-0.15, -0.1) is 0 Å². The van der Waals surface area contributed by atoms with Crippen molar-refractivity contribution in [2.75, 3.05) is 18.0 Å². The molecule has 0 spiro atoms. The van der Waals surface area contributed by atoms with Gasteiger partial charge in [-0.05, 0) is 36.5 Å². The van der Waals surface area contributed by atoms with Crippen LogP contribution in [-0.2, 0) is 19.6 Å². The van der Waals surface area contributed by atoms with Crippen LogP contribution in [0.2, 0.25) is 0 Å². The van der Waals surface area contributed by atoms with E-state index in [2.05, 4.69) is 20.1 Å². The lowest BCUT2D eigenvalue weighted by molar-refractivity contribution is -0.141. The number of hydrogen-bond donors (Lipinski definition) is 0. The summed E-state index contributed by atoms with van der Waals surface area (Å²) in [5, 5.41) is 4.17. The second-order valence-electron chi connectivity index (χ2n) is 7.00. The van der Waals surface area contributed by atoms with Crippen molar-refractivity contribution in [3.05, 3.63) is 54.2 Å². The van der Waals surface area contributed by atoms with Gasteiger partial charge in [0.25, 0.3) is 0 Å². The Morgan fingerprint density at radius 2 is 2.07 bits per heavy atom. The van der Waals surface area contributed by atoms with Gasteiger partial charge in [0, 0.05) is 50.4 Å². The Bertz CT molecular complexity index is 954. The molecule has 0 saturated carbocycles. The lowest BCUT2D eigenvalue weighted by Gasteiger charge is -2.19. The topological polar surface area (TPSA) is 59.7 Å². The summed E-state index contributed by atoms with van der Waals surface area (Å²) in [6.45, 7) is 1.31. The summed E-state index contributed by atoms with van der Waals surface area (Å²) in [5.74, 6) is 0.679. The molecule has 0 radical (unpaired) electrons. The number of aromatic nitrogens is 5. The number of hydrogen-bond acceptors (Lipinski definition) is 5. The van der Waals surface area contributed by atoms with Crippen molar-refractivity contribution in [1.82, 2.24) is 24.7 Å². The van der Waals surface area contributed by atoms with Crippen LogP contribution in [0.4, 0.5) is 19.0 Å². The fourth-order valence-electron chi connectivity index (χ4n) is 3.48. The second kappa shape index (κ2) is 7.21. The van der Waals surface area contributed by atoms with Crippen LogP contribution in [-0.4, -0.2) is 37.8 Å². The Hall–Kier alpha value is -2.97. The SMILES string of the molecule is Cn1cc(CC2CCN(c3cc(C(F)(F)F)nc(-c4cccnc4)n3)C2)cn1. The number of aryl methyl sites for hydroxylation is 1. The largest absolute Gasteiger partial charge is 0.433 e. The zero-order chi connectivity index (χ0) is 19.7. The number of rotatable bonds is 4. The highest BCUT2D eigenvalue weighted by atomic mass is 19.4. The van der Waals surface area contributed by atoms with Gasteiger partial charge < -0.3 is 4.90 Å². The maximum Gasteiger partial charge on any atom is 0.433 e. The van der Waals surface area contributed by atoms with E-state index in [0.717, 1.165) is 24.5 Å². The average molecular weight is 388 g/mol. The quantitative estimate of drug-likeness (QED) is 0.686.